The van der Waals surface area contributed by atoms with E-state index >= 15 is 0 Å². The normalized spacial score (nSPS) is 9.69. The van der Waals surface area contributed by atoms with Crippen LogP contribution in [0.5, 0.6) is 5.75 Å². The summed E-state index contributed by atoms with van der Waals surface area (Å²) >= 11 is 0. The minimum Gasteiger partial charge on any atom is -0.505 e. The van der Waals surface area contributed by atoms with Crippen LogP contribution in [0.15, 0.2) is 12.3 Å². The Balaban J connectivity index is 2.99. The van der Waals surface area contributed by atoms with Gasteiger partial charge in [-0.3, -0.25) is 4.98 Å². The van der Waals surface area contributed by atoms with Gasteiger partial charge in [0.05, 0.1) is 12.8 Å². The van der Waals surface area contributed by atoms with Crippen molar-refractivity contribution in [2.45, 2.75) is 13.8 Å². The molecule has 1 N–H and O–H groups in total. The maximum Gasteiger partial charge on any atom is 0.342 e. The molecule has 0 aliphatic heterocycles. The molecule has 0 bridgehead atoms. The first-order valence-electron chi connectivity index (χ1n) is 3.98. The Labute approximate surface area is 76.2 Å². The van der Waals surface area contributed by atoms with E-state index in [1.54, 1.807) is 13.8 Å². The van der Waals surface area contributed by atoms with Gasteiger partial charge in [-0.15, -0.1) is 0 Å². The van der Waals surface area contributed by atoms with Gasteiger partial charge < -0.3 is 9.84 Å². The average Bonchev–Trinajstić information content (AvgIpc) is 2.09. The van der Waals surface area contributed by atoms with Crippen LogP contribution < -0.4 is 0 Å². The summed E-state index contributed by atoms with van der Waals surface area (Å²) in [7, 11) is 0. The second kappa shape index (κ2) is 3.89. The molecule has 0 aliphatic carbocycles. The Morgan fingerprint density at radius 2 is 2.38 bits per heavy atom. The summed E-state index contributed by atoms with van der Waals surface area (Å²) in [4.78, 5) is 15.0. The van der Waals surface area contributed by atoms with Gasteiger partial charge in [0.25, 0.3) is 0 Å². The lowest BCUT2D eigenvalue weighted by molar-refractivity contribution is 0.0523. The van der Waals surface area contributed by atoms with Crippen molar-refractivity contribution in [3.63, 3.8) is 0 Å². The Kier molecular flexibility index (Phi) is 2.84. The molecule has 0 fully saturated rings. The summed E-state index contributed by atoms with van der Waals surface area (Å²) in [5, 5.41) is 9.27. The van der Waals surface area contributed by atoms with Gasteiger partial charge in [-0.2, -0.15) is 0 Å². The molecule has 0 aromatic carbocycles. The number of aryl methyl sites for hydroxylation is 1. The quantitative estimate of drug-likeness (QED) is 0.698. The number of carbonyl (C=O) groups excluding carboxylic acids is 1. The first kappa shape index (κ1) is 9.51. The fraction of sp³-hybridized carbons (Fsp3) is 0.333. The largest absolute Gasteiger partial charge is 0.505 e. The molecule has 0 saturated carbocycles. The van der Waals surface area contributed by atoms with Crippen molar-refractivity contribution in [3.05, 3.63) is 23.5 Å². The number of pyridine rings is 1. The lowest BCUT2D eigenvalue weighted by Crippen LogP contribution is -2.05. The first-order valence-corrected chi connectivity index (χ1v) is 3.98. The number of aromatic hydroxyl groups is 1. The summed E-state index contributed by atoms with van der Waals surface area (Å²) in [5.41, 5.74) is 0.829. The second-order valence-electron chi connectivity index (χ2n) is 2.56. The monoisotopic (exact) mass is 181 g/mol. The fourth-order valence-electron chi connectivity index (χ4n) is 0.925. The van der Waals surface area contributed by atoms with Crippen LogP contribution in [0.1, 0.15) is 23.0 Å². The lowest BCUT2D eigenvalue weighted by Gasteiger charge is -2.03. The molecule has 0 atom stereocenters. The van der Waals surface area contributed by atoms with Gasteiger partial charge in [-0.25, -0.2) is 4.79 Å². The predicted octanol–water partition coefficient (Wildman–Crippen LogP) is 1.27. The second-order valence-corrected chi connectivity index (χ2v) is 2.56. The molecule has 0 aliphatic rings. The smallest absolute Gasteiger partial charge is 0.342 e. The molecule has 0 saturated heterocycles. The van der Waals surface area contributed by atoms with Crippen LogP contribution in [0.3, 0.4) is 0 Å². The van der Waals surface area contributed by atoms with Crippen LogP contribution in [0, 0.1) is 6.92 Å². The third-order valence-electron chi connectivity index (χ3n) is 1.51. The highest BCUT2D eigenvalue weighted by atomic mass is 16.5. The molecular formula is C9H11NO3. The van der Waals surface area contributed by atoms with E-state index in [0.717, 1.165) is 0 Å². The molecule has 1 rings (SSSR count). The highest BCUT2D eigenvalue weighted by molar-refractivity contribution is 5.92. The molecule has 0 radical (unpaired) electrons. The van der Waals surface area contributed by atoms with Gasteiger partial charge in [0, 0.05) is 5.69 Å². The van der Waals surface area contributed by atoms with Crippen LogP contribution in [-0.2, 0) is 4.74 Å². The summed E-state index contributed by atoms with van der Waals surface area (Å²) < 4.78 is 4.74. The van der Waals surface area contributed by atoms with Crippen LogP contribution in [-0.4, -0.2) is 22.7 Å². The van der Waals surface area contributed by atoms with Gasteiger partial charge in [-0.1, -0.05) is 0 Å². The third-order valence-corrected chi connectivity index (χ3v) is 1.51. The molecule has 0 spiro atoms. The van der Waals surface area contributed by atoms with E-state index in [-0.39, 0.29) is 11.3 Å². The lowest BCUT2D eigenvalue weighted by atomic mass is 10.2. The van der Waals surface area contributed by atoms with Crippen molar-refractivity contribution in [2.24, 2.45) is 0 Å². The van der Waals surface area contributed by atoms with E-state index in [1.165, 1.54) is 12.3 Å². The van der Waals surface area contributed by atoms with E-state index in [2.05, 4.69) is 4.98 Å². The van der Waals surface area contributed by atoms with Crippen molar-refractivity contribution < 1.29 is 14.6 Å². The number of esters is 1. The number of hydrogen-bond acceptors (Lipinski definition) is 4. The number of nitrogens with zero attached hydrogens (tertiary/aromatic N) is 1. The Hall–Kier alpha value is -1.58. The van der Waals surface area contributed by atoms with Gasteiger partial charge >= 0.3 is 5.97 Å². The average molecular weight is 181 g/mol. The first-order chi connectivity index (χ1) is 6.15. The zero-order valence-corrected chi connectivity index (χ0v) is 7.57. The summed E-state index contributed by atoms with van der Waals surface area (Å²) in [5.74, 6) is -0.672. The molecule has 4 heteroatoms. The van der Waals surface area contributed by atoms with E-state index < -0.39 is 5.97 Å². The molecular weight excluding hydrogens is 170 g/mol. The SMILES string of the molecule is CCOC(=O)c1cc(C)ncc1O. The summed E-state index contributed by atoms with van der Waals surface area (Å²) in [6, 6.07) is 1.49. The fourth-order valence-corrected chi connectivity index (χ4v) is 0.925. The maximum absolute atomic E-state index is 11.2. The molecule has 1 aromatic rings. The van der Waals surface area contributed by atoms with Crippen LogP contribution in [0.25, 0.3) is 0 Å². The van der Waals surface area contributed by atoms with Crippen molar-refractivity contribution in [1.29, 1.82) is 0 Å². The Bertz CT molecular complexity index is 323. The Morgan fingerprint density at radius 1 is 1.69 bits per heavy atom. The molecule has 0 amide bonds. The third kappa shape index (κ3) is 2.18. The number of carbonyl (C=O) groups is 1. The zero-order valence-electron chi connectivity index (χ0n) is 7.57. The standard InChI is InChI=1S/C9H11NO3/c1-3-13-9(12)7-4-6(2)10-5-8(7)11/h4-5,11H,3H2,1-2H3. The minimum atomic E-state index is -0.523. The topological polar surface area (TPSA) is 59.4 Å². The number of ether oxygens (including phenoxy) is 1. The van der Waals surface area contributed by atoms with Crippen molar-refractivity contribution in [1.82, 2.24) is 4.98 Å². The molecule has 1 aromatic heterocycles. The predicted molar refractivity (Wildman–Crippen MR) is 46.6 cm³/mol. The van der Waals surface area contributed by atoms with Gasteiger partial charge in [0.15, 0.2) is 0 Å². The van der Waals surface area contributed by atoms with E-state index in [0.29, 0.717) is 12.3 Å². The highest BCUT2D eigenvalue weighted by Gasteiger charge is 2.12. The van der Waals surface area contributed by atoms with Crippen LogP contribution >= 0.6 is 0 Å². The van der Waals surface area contributed by atoms with Crippen molar-refractivity contribution in [3.8, 4) is 5.75 Å². The molecule has 13 heavy (non-hydrogen) atoms. The van der Waals surface area contributed by atoms with Gasteiger partial charge in [0.2, 0.25) is 0 Å². The highest BCUT2D eigenvalue weighted by Crippen LogP contribution is 2.16. The number of aromatic nitrogens is 1. The zero-order chi connectivity index (χ0) is 9.84. The van der Waals surface area contributed by atoms with Crippen LogP contribution in [0.4, 0.5) is 0 Å². The number of rotatable bonds is 2. The summed E-state index contributed by atoms with van der Waals surface area (Å²) in [6.45, 7) is 3.74. The Morgan fingerprint density at radius 3 is 3.00 bits per heavy atom. The van der Waals surface area contributed by atoms with E-state index in [1.807, 2.05) is 0 Å². The minimum absolute atomic E-state index is 0.149. The maximum atomic E-state index is 11.2. The van der Waals surface area contributed by atoms with Gasteiger partial charge in [0.1, 0.15) is 11.3 Å². The van der Waals surface area contributed by atoms with Crippen molar-refractivity contribution in [2.75, 3.05) is 6.61 Å². The van der Waals surface area contributed by atoms with Crippen LogP contribution in [0.2, 0.25) is 0 Å². The molecule has 0 unspecified atom stereocenters. The molecule has 4 nitrogen and oxygen atoms in total. The van der Waals surface area contributed by atoms with E-state index in [4.69, 9.17) is 4.74 Å². The van der Waals surface area contributed by atoms with E-state index in [9.17, 15) is 9.90 Å². The van der Waals surface area contributed by atoms with Gasteiger partial charge in [-0.05, 0) is 19.9 Å². The van der Waals surface area contributed by atoms with Crippen molar-refractivity contribution >= 4 is 5.97 Å². The summed E-state index contributed by atoms with van der Waals surface area (Å²) in [6.07, 6.45) is 1.24. The molecule has 1 heterocycles. The molecule has 70 valence electrons. The number of hydrogen-bond donors (Lipinski definition) is 1.